The van der Waals surface area contributed by atoms with Crippen LogP contribution in [0.5, 0.6) is 0 Å². The number of carbonyl (C=O) groups is 1. The van der Waals surface area contributed by atoms with Gasteiger partial charge in [0.25, 0.3) is 0 Å². The lowest BCUT2D eigenvalue weighted by molar-refractivity contribution is -0.120. The molecule has 8 heteroatoms. The van der Waals surface area contributed by atoms with Gasteiger partial charge in [-0.25, -0.2) is 9.07 Å². The monoisotopic (exact) mass is 413 g/mol. The summed E-state index contributed by atoms with van der Waals surface area (Å²) in [4.78, 5) is 16.6. The number of hydrogen-bond acceptors (Lipinski definition) is 4. The fourth-order valence-electron chi connectivity index (χ4n) is 3.04. The summed E-state index contributed by atoms with van der Waals surface area (Å²) < 4.78 is 15.9. The van der Waals surface area contributed by atoms with Crippen molar-refractivity contribution in [2.45, 2.75) is 26.2 Å². The first-order chi connectivity index (χ1) is 14.0. The zero-order valence-corrected chi connectivity index (χ0v) is 16.7. The Morgan fingerprint density at radius 3 is 2.90 bits per heavy atom. The molecule has 0 spiro atoms. The molecule has 3 aromatic rings. The molecule has 2 N–H and O–H groups in total. The van der Waals surface area contributed by atoms with Gasteiger partial charge in [0, 0.05) is 24.5 Å². The lowest BCUT2D eigenvalue weighted by atomic mass is 10.2. The molecule has 4 rings (SSSR count). The number of benzene rings is 1. The maximum Gasteiger partial charge on any atom is 0.226 e. The van der Waals surface area contributed by atoms with Crippen LogP contribution in [0.15, 0.2) is 42.6 Å². The average Bonchev–Trinajstić information content (AvgIpc) is 3.44. The number of nitrogens with zero attached hydrogens (tertiary/aromatic N) is 3. The molecule has 29 heavy (non-hydrogen) atoms. The van der Waals surface area contributed by atoms with E-state index in [1.165, 1.54) is 18.9 Å². The van der Waals surface area contributed by atoms with Crippen LogP contribution in [0.4, 0.5) is 15.9 Å². The summed E-state index contributed by atoms with van der Waals surface area (Å²) in [5.41, 5.74) is 2.52. The lowest BCUT2D eigenvalue weighted by Gasteiger charge is -2.08. The topological polar surface area (TPSA) is 71.8 Å². The van der Waals surface area contributed by atoms with Gasteiger partial charge >= 0.3 is 0 Å². The molecule has 0 unspecified atom stereocenters. The Morgan fingerprint density at radius 1 is 1.31 bits per heavy atom. The predicted molar refractivity (Wildman–Crippen MR) is 110 cm³/mol. The van der Waals surface area contributed by atoms with Crippen LogP contribution in [0.1, 0.15) is 24.2 Å². The quantitative estimate of drug-likeness (QED) is 0.609. The van der Waals surface area contributed by atoms with Gasteiger partial charge in [-0.1, -0.05) is 17.7 Å². The highest BCUT2D eigenvalue weighted by Gasteiger charge is 2.22. The maximum absolute atomic E-state index is 14.3. The van der Waals surface area contributed by atoms with Gasteiger partial charge in [0.2, 0.25) is 5.91 Å². The van der Waals surface area contributed by atoms with Crippen LogP contribution in [-0.2, 0) is 11.2 Å². The Bertz CT molecular complexity index is 1050. The Labute approximate surface area is 173 Å². The van der Waals surface area contributed by atoms with E-state index in [4.69, 9.17) is 11.6 Å². The number of aryl methyl sites for hydroxylation is 1. The fraction of sp³-hybridized carbons (Fsp3) is 0.286. The Kier molecular flexibility index (Phi) is 5.49. The van der Waals surface area contributed by atoms with Gasteiger partial charge in [-0.05, 0) is 49.9 Å². The Hall–Kier alpha value is -2.93. The van der Waals surface area contributed by atoms with E-state index >= 15 is 0 Å². The van der Waals surface area contributed by atoms with E-state index in [0.29, 0.717) is 24.0 Å². The second-order valence-corrected chi connectivity index (χ2v) is 7.65. The summed E-state index contributed by atoms with van der Waals surface area (Å²) in [7, 11) is 0. The molecule has 2 heterocycles. The van der Waals surface area contributed by atoms with E-state index in [1.54, 1.807) is 29.1 Å². The van der Waals surface area contributed by atoms with E-state index in [2.05, 4.69) is 20.7 Å². The van der Waals surface area contributed by atoms with Crippen molar-refractivity contribution in [3.8, 4) is 5.69 Å². The predicted octanol–water partition coefficient (Wildman–Crippen LogP) is 4.18. The van der Waals surface area contributed by atoms with Gasteiger partial charge in [0.15, 0.2) is 11.6 Å². The summed E-state index contributed by atoms with van der Waals surface area (Å²) in [6, 6.07) is 10.2. The number of halogens is 2. The zero-order valence-electron chi connectivity index (χ0n) is 16.0. The molecule has 0 atom stereocenters. The van der Waals surface area contributed by atoms with Crippen molar-refractivity contribution in [3.05, 3.63) is 64.8 Å². The molecule has 1 amide bonds. The molecule has 2 aromatic heterocycles. The van der Waals surface area contributed by atoms with Crippen molar-refractivity contribution >= 4 is 29.0 Å². The highest BCUT2D eigenvalue weighted by molar-refractivity contribution is 6.31. The summed E-state index contributed by atoms with van der Waals surface area (Å²) in [5, 5.41) is 10.5. The smallest absolute Gasteiger partial charge is 0.226 e. The molecular formula is C21H21ClFN5O. The number of hydrogen-bond donors (Lipinski definition) is 2. The van der Waals surface area contributed by atoms with E-state index in [0.717, 1.165) is 11.4 Å². The van der Waals surface area contributed by atoms with Crippen LogP contribution < -0.4 is 10.6 Å². The standard InChI is InChI=1S/C21H21ClFN5O/c1-13-9-15(7-8-24-13)28-16(11-20(29)25-12-14-5-6-14)10-19(27-28)26-18-4-2-3-17(22)21(18)23/h2-4,7-10,14H,5-6,11-12H2,1H3,(H,25,29)(H,26,27). The number of rotatable bonds is 7. The molecule has 0 saturated heterocycles. The van der Waals surface area contributed by atoms with E-state index < -0.39 is 5.82 Å². The summed E-state index contributed by atoms with van der Waals surface area (Å²) >= 11 is 5.86. The zero-order chi connectivity index (χ0) is 20.4. The number of nitrogens with one attached hydrogen (secondary N) is 2. The van der Waals surface area contributed by atoms with Crippen LogP contribution in [-0.4, -0.2) is 27.2 Å². The Morgan fingerprint density at radius 2 is 2.14 bits per heavy atom. The third-order valence-electron chi connectivity index (χ3n) is 4.75. The molecule has 1 saturated carbocycles. The van der Waals surface area contributed by atoms with E-state index in [1.807, 2.05) is 19.1 Å². The summed E-state index contributed by atoms with van der Waals surface area (Å²) in [5.74, 6) is 0.414. The first-order valence-corrected chi connectivity index (χ1v) is 9.87. The van der Waals surface area contributed by atoms with Crippen LogP contribution in [0.2, 0.25) is 5.02 Å². The van der Waals surface area contributed by atoms with E-state index in [9.17, 15) is 9.18 Å². The minimum absolute atomic E-state index is 0.0267. The van der Waals surface area contributed by atoms with Gasteiger partial charge in [-0.15, -0.1) is 5.10 Å². The van der Waals surface area contributed by atoms with Crippen LogP contribution in [0, 0.1) is 18.7 Å². The van der Waals surface area contributed by atoms with Crippen LogP contribution in [0.25, 0.3) is 5.69 Å². The van der Waals surface area contributed by atoms with Gasteiger partial charge in [-0.2, -0.15) is 0 Å². The van der Waals surface area contributed by atoms with Gasteiger partial charge in [0.05, 0.1) is 28.5 Å². The third kappa shape index (κ3) is 4.74. The number of carbonyl (C=O) groups excluding carboxylic acids is 1. The number of pyridine rings is 1. The van der Waals surface area contributed by atoms with Gasteiger partial charge < -0.3 is 10.6 Å². The molecule has 1 aliphatic rings. The van der Waals surface area contributed by atoms with E-state index in [-0.39, 0.29) is 23.0 Å². The lowest BCUT2D eigenvalue weighted by Crippen LogP contribution is -2.27. The van der Waals surface area contributed by atoms with Crippen LogP contribution >= 0.6 is 11.6 Å². The van der Waals surface area contributed by atoms with Crippen LogP contribution in [0.3, 0.4) is 0 Å². The molecule has 0 bridgehead atoms. The molecule has 1 aromatic carbocycles. The summed E-state index contributed by atoms with van der Waals surface area (Å²) in [6.07, 6.45) is 4.20. The van der Waals surface area contributed by atoms with Crippen molar-refractivity contribution in [2.75, 3.05) is 11.9 Å². The summed E-state index contributed by atoms with van der Waals surface area (Å²) in [6.45, 7) is 2.59. The number of amides is 1. The van der Waals surface area contributed by atoms with Gasteiger partial charge in [-0.3, -0.25) is 9.78 Å². The molecular weight excluding hydrogens is 393 g/mol. The van der Waals surface area contributed by atoms with Crippen molar-refractivity contribution in [3.63, 3.8) is 0 Å². The largest absolute Gasteiger partial charge is 0.355 e. The minimum Gasteiger partial charge on any atom is -0.355 e. The SMILES string of the molecule is Cc1cc(-n2nc(Nc3cccc(Cl)c3F)cc2CC(=O)NCC2CC2)ccn1. The highest BCUT2D eigenvalue weighted by atomic mass is 35.5. The second kappa shape index (κ2) is 8.21. The molecule has 0 radical (unpaired) electrons. The molecule has 6 nitrogen and oxygen atoms in total. The van der Waals surface area contributed by atoms with Gasteiger partial charge in [0.1, 0.15) is 0 Å². The Balaban J connectivity index is 1.62. The molecule has 1 aliphatic carbocycles. The van der Waals surface area contributed by atoms with Crippen molar-refractivity contribution in [2.24, 2.45) is 5.92 Å². The first-order valence-electron chi connectivity index (χ1n) is 9.49. The number of aromatic nitrogens is 3. The van der Waals surface area contributed by atoms with Crippen molar-refractivity contribution < 1.29 is 9.18 Å². The maximum atomic E-state index is 14.3. The van der Waals surface area contributed by atoms with Crippen molar-refractivity contribution in [1.82, 2.24) is 20.1 Å². The minimum atomic E-state index is -0.549. The molecule has 1 fully saturated rings. The average molecular weight is 414 g/mol. The number of anilines is 2. The third-order valence-corrected chi connectivity index (χ3v) is 5.04. The fourth-order valence-corrected chi connectivity index (χ4v) is 3.21. The normalized spacial score (nSPS) is 13.3. The second-order valence-electron chi connectivity index (χ2n) is 7.24. The molecule has 0 aliphatic heterocycles. The first kappa shape index (κ1) is 19.4. The highest BCUT2D eigenvalue weighted by Crippen LogP contribution is 2.28. The van der Waals surface area contributed by atoms with Crippen molar-refractivity contribution in [1.29, 1.82) is 0 Å². The molecule has 150 valence electrons.